The maximum Gasteiger partial charge on any atom is 0.128 e. The van der Waals surface area contributed by atoms with Gasteiger partial charge in [-0.05, 0) is 25.5 Å². The molecule has 1 aliphatic rings. The lowest BCUT2D eigenvalue weighted by atomic mass is 10.1. The van der Waals surface area contributed by atoms with E-state index < -0.39 is 0 Å². The molecular weight excluding hydrogens is 202 g/mol. The highest BCUT2D eigenvalue weighted by atomic mass is 16.5. The molecule has 0 amide bonds. The number of rotatable bonds is 3. The SMILES string of the molecule is CC1OCCC1Nc1ccc(N(C)C)nc1. The van der Waals surface area contributed by atoms with E-state index in [0.29, 0.717) is 6.04 Å². The van der Waals surface area contributed by atoms with E-state index in [9.17, 15) is 0 Å². The quantitative estimate of drug-likeness (QED) is 0.843. The molecule has 2 unspecified atom stereocenters. The van der Waals surface area contributed by atoms with E-state index in [1.54, 1.807) is 0 Å². The molecule has 4 nitrogen and oxygen atoms in total. The molecule has 1 fully saturated rings. The Bertz CT molecular complexity index is 337. The van der Waals surface area contributed by atoms with E-state index in [-0.39, 0.29) is 6.10 Å². The van der Waals surface area contributed by atoms with E-state index in [4.69, 9.17) is 4.74 Å². The van der Waals surface area contributed by atoms with Gasteiger partial charge >= 0.3 is 0 Å². The summed E-state index contributed by atoms with van der Waals surface area (Å²) >= 11 is 0. The number of pyridine rings is 1. The van der Waals surface area contributed by atoms with Gasteiger partial charge in [0.2, 0.25) is 0 Å². The van der Waals surface area contributed by atoms with E-state index >= 15 is 0 Å². The van der Waals surface area contributed by atoms with Crippen LogP contribution < -0.4 is 10.2 Å². The number of hydrogen-bond acceptors (Lipinski definition) is 4. The monoisotopic (exact) mass is 221 g/mol. The molecule has 16 heavy (non-hydrogen) atoms. The van der Waals surface area contributed by atoms with E-state index in [1.807, 2.05) is 31.3 Å². The third-order valence-corrected chi connectivity index (χ3v) is 2.93. The highest BCUT2D eigenvalue weighted by Crippen LogP contribution is 2.19. The van der Waals surface area contributed by atoms with Crippen LogP contribution in [0.5, 0.6) is 0 Å². The number of aromatic nitrogens is 1. The second kappa shape index (κ2) is 4.70. The molecule has 0 aliphatic carbocycles. The van der Waals surface area contributed by atoms with E-state index in [0.717, 1.165) is 24.5 Å². The molecule has 88 valence electrons. The highest BCUT2D eigenvalue weighted by Gasteiger charge is 2.23. The molecule has 0 radical (unpaired) electrons. The van der Waals surface area contributed by atoms with Gasteiger partial charge in [0.15, 0.2) is 0 Å². The molecule has 1 saturated heterocycles. The van der Waals surface area contributed by atoms with Crippen LogP contribution in [-0.4, -0.2) is 37.8 Å². The van der Waals surface area contributed by atoms with Crippen molar-refractivity contribution in [2.24, 2.45) is 0 Å². The summed E-state index contributed by atoms with van der Waals surface area (Å²) in [7, 11) is 3.98. The lowest BCUT2D eigenvalue weighted by Gasteiger charge is -2.18. The zero-order chi connectivity index (χ0) is 11.5. The van der Waals surface area contributed by atoms with Crippen LogP contribution in [0.25, 0.3) is 0 Å². The van der Waals surface area contributed by atoms with Crippen LogP contribution in [0, 0.1) is 0 Å². The summed E-state index contributed by atoms with van der Waals surface area (Å²) in [5.74, 6) is 0.973. The van der Waals surface area contributed by atoms with Crippen molar-refractivity contribution < 1.29 is 4.74 Å². The van der Waals surface area contributed by atoms with Gasteiger partial charge in [0, 0.05) is 20.7 Å². The maximum absolute atomic E-state index is 5.51. The Labute approximate surface area is 96.6 Å². The van der Waals surface area contributed by atoms with Crippen LogP contribution in [0.3, 0.4) is 0 Å². The molecule has 2 atom stereocenters. The molecule has 2 rings (SSSR count). The van der Waals surface area contributed by atoms with Gasteiger partial charge in [0.25, 0.3) is 0 Å². The molecule has 0 bridgehead atoms. The van der Waals surface area contributed by atoms with Gasteiger partial charge in [-0.2, -0.15) is 0 Å². The average Bonchev–Trinajstić information content (AvgIpc) is 2.65. The van der Waals surface area contributed by atoms with Crippen molar-refractivity contribution >= 4 is 11.5 Å². The lowest BCUT2D eigenvalue weighted by Crippen LogP contribution is -2.26. The molecule has 1 aromatic heterocycles. The first kappa shape index (κ1) is 11.2. The standard InChI is InChI=1S/C12H19N3O/c1-9-11(6-7-16-9)14-10-4-5-12(13-8-10)15(2)3/h4-5,8-9,11,14H,6-7H2,1-3H3. The molecular formula is C12H19N3O. The van der Waals surface area contributed by atoms with Crippen molar-refractivity contribution in [2.75, 3.05) is 30.9 Å². The fourth-order valence-corrected chi connectivity index (χ4v) is 1.87. The summed E-state index contributed by atoms with van der Waals surface area (Å²) < 4.78 is 5.51. The van der Waals surface area contributed by atoms with Crippen molar-refractivity contribution in [3.63, 3.8) is 0 Å². The van der Waals surface area contributed by atoms with E-state index in [2.05, 4.69) is 23.3 Å². The Hall–Kier alpha value is -1.29. The first-order chi connectivity index (χ1) is 7.66. The molecule has 1 aromatic rings. The Morgan fingerprint density at radius 2 is 2.25 bits per heavy atom. The van der Waals surface area contributed by atoms with Crippen molar-refractivity contribution in [1.29, 1.82) is 0 Å². The molecule has 1 aliphatic heterocycles. The first-order valence-electron chi connectivity index (χ1n) is 5.68. The van der Waals surface area contributed by atoms with Gasteiger partial charge in [-0.15, -0.1) is 0 Å². The van der Waals surface area contributed by atoms with Crippen LogP contribution in [0.4, 0.5) is 11.5 Å². The topological polar surface area (TPSA) is 37.4 Å². The third kappa shape index (κ3) is 2.44. The Morgan fingerprint density at radius 3 is 2.75 bits per heavy atom. The summed E-state index contributed by atoms with van der Waals surface area (Å²) in [5.41, 5.74) is 1.06. The molecule has 1 N–H and O–H groups in total. The lowest BCUT2D eigenvalue weighted by molar-refractivity contribution is 0.121. The number of anilines is 2. The van der Waals surface area contributed by atoms with Crippen LogP contribution in [0.15, 0.2) is 18.3 Å². The Morgan fingerprint density at radius 1 is 1.44 bits per heavy atom. The second-order valence-corrected chi connectivity index (χ2v) is 4.41. The normalized spacial score (nSPS) is 24.4. The predicted octanol–water partition coefficient (Wildman–Crippen LogP) is 1.74. The number of ether oxygens (including phenoxy) is 1. The minimum absolute atomic E-state index is 0.286. The molecule has 0 aromatic carbocycles. The second-order valence-electron chi connectivity index (χ2n) is 4.41. The first-order valence-corrected chi connectivity index (χ1v) is 5.68. The zero-order valence-corrected chi connectivity index (χ0v) is 10.1. The minimum atomic E-state index is 0.286. The zero-order valence-electron chi connectivity index (χ0n) is 10.1. The smallest absolute Gasteiger partial charge is 0.128 e. The van der Waals surface area contributed by atoms with Gasteiger partial charge in [0.05, 0.1) is 24.0 Å². The largest absolute Gasteiger partial charge is 0.378 e. The van der Waals surface area contributed by atoms with Gasteiger partial charge in [-0.1, -0.05) is 0 Å². The minimum Gasteiger partial charge on any atom is -0.378 e. The van der Waals surface area contributed by atoms with Crippen LogP contribution in [0.2, 0.25) is 0 Å². The van der Waals surface area contributed by atoms with Crippen molar-refractivity contribution in [3.8, 4) is 0 Å². The number of nitrogens with zero attached hydrogens (tertiary/aromatic N) is 2. The molecule has 0 spiro atoms. The summed E-state index contributed by atoms with van der Waals surface area (Å²) in [4.78, 5) is 6.36. The summed E-state index contributed by atoms with van der Waals surface area (Å²) in [6.45, 7) is 2.95. The van der Waals surface area contributed by atoms with Crippen molar-refractivity contribution in [2.45, 2.75) is 25.5 Å². The van der Waals surface area contributed by atoms with Crippen molar-refractivity contribution in [1.82, 2.24) is 4.98 Å². The number of nitrogens with one attached hydrogen (secondary N) is 1. The van der Waals surface area contributed by atoms with Crippen LogP contribution >= 0.6 is 0 Å². The van der Waals surface area contributed by atoms with Gasteiger partial charge in [-0.25, -0.2) is 4.98 Å². The molecule has 0 saturated carbocycles. The highest BCUT2D eigenvalue weighted by molar-refractivity contribution is 5.48. The fourth-order valence-electron chi connectivity index (χ4n) is 1.87. The van der Waals surface area contributed by atoms with Crippen LogP contribution in [-0.2, 0) is 4.74 Å². The maximum atomic E-state index is 5.51. The summed E-state index contributed by atoms with van der Waals surface area (Å²) in [5, 5.41) is 3.45. The fraction of sp³-hybridized carbons (Fsp3) is 0.583. The van der Waals surface area contributed by atoms with Crippen LogP contribution in [0.1, 0.15) is 13.3 Å². The third-order valence-electron chi connectivity index (χ3n) is 2.93. The predicted molar refractivity (Wildman–Crippen MR) is 66.0 cm³/mol. The summed E-state index contributed by atoms with van der Waals surface area (Å²) in [6.07, 6.45) is 3.23. The Kier molecular flexibility index (Phi) is 3.29. The summed E-state index contributed by atoms with van der Waals surface area (Å²) in [6, 6.07) is 4.49. The van der Waals surface area contributed by atoms with E-state index in [1.165, 1.54) is 0 Å². The average molecular weight is 221 g/mol. The molecule has 4 heteroatoms. The number of hydrogen-bond donors (Lipinski definition) is 1. The molecule has 2 heterocycles. The van der Waals surface area contributed by atoms with Gasteiger partial charge in [0.1, 0.15) is 5.82 Å². The Balaban J connectivity index is 1.99. The van der Waals surface area contributed by atoms with Gasteiger partial charge < -0.3 is 15.0 Å². The van der Waals surface area contributed by atoms with Crippen molar-refractivity contribution in [3.05, 3.63) is 18.3 Å². The van der Waals surface area contributed by atoms with Gasteiger partial charge in [-0.3, -0.25) is 0 Å².